The quantitative estimate of drug-likeness (QED) is 0.378. The predicted octanol–water partition coefficient (Wildman–Crippen LogP) is -0.302. The van der Waals surface area contributed by atoms with E-state index in [1.165, 1.54) is 38.5 Å². The minimum atomic E-state index is -0.250. The Bertz CT molecular complexity index is 433. The third-order valence-electron chi connectivity index (χ3n) is 4.81. The molecule has 3 aliphatic carbocycles. The molecule has 5 heteroatoms. The van der Waals surface area contributed by atoms with Gasteiger partial charge in [-0.1, -0.05) is 69.4 Å². The average Bonchev–Trinajstić information content (AvgIpc) is 2.71. The number of hydrogen-bond donors (Lipinski definition) is 0. The fourth-order valence-electron chi connectivity index (χ4n) is 4.26. The van der Waals surface area contributed by atoms with E-state index in [-0.39, 0.29) is 60.5 Å². The standard InChI is InChI=1S/C15H23Si.C4H10N.2ClH.Ti/c1-16(2)15-13-9-5-3-7-11(13)12-8-4-6-10-14(12)15;1-4(2,3)5;;;/h9-13H,3-8H2,1-2H3;5H,1-3H3;2*1H;/q2*-1;;;+4/p-2. The van der Waals surface area contributed by atoms with Crippen LogP contribution in [0.2, 0.25) is 13.1 Å². The summed E-state index contributed by atoms with van der Waals surface area (Å²) in [5.41, 5.74) is 8.52. The first kappa shape index (κ1) is 27.3. The second-order valence-electron chi connectivity index (χ2n) is 8.22. The summed E-state index contributed by atoms with van der Waals surface area (Å²) >= 11 is 0. The number of halogens is 2. The van der Waals surface area contributed by atoms with Gasteiger partial charge in [0.25, 0.3) is 0 Å². The van der Waals surface area contributed by atoms with Crippen molar-refractivity contribution < 1.29 is 46.5 Å². The molecule has 2 saturated carbocycles. The van der Waals surface area contributed by atoms with Crippen LogP contribution in [0.4, 0.5) is 0 Å². The van der Waals surface area contributed by atoms with E-state index in [2.05, 4.69) is 25.6 Å². The molecular weight excluding hydrogens is 389 g/mol. The summed E-state index contributed by atoms with van der Waals surface area (Å²) in [6.45, 7) is 10.6. The summed E-state index contributed by atoms with van der Waals surface area (Å²) in [4.78, 5) is 0. The van der Waals surface area contributed by atoms with E-state index in [1.54, 1.807) is 0 Å². The van der Waals surface area contributed by atoms with Crippen LogP contribution >= 0.6 is 0 Å². The Morgan fingerprint density at radius 1 is 1.12 bits per heavy atom. The van der Waals surface area contributed by atoms with Crippen molar-refractivity contribution in [2.45, 2.75) is 77.9 Å². The molecule has 0 aromatic rings. The molecule has 0 radical (unpaired) electrons. The molecule has 1 N–H and O–H groups in total. The van der Waals surface area contributed by atoms with Crippen LogP contribution in [0.5, 0.6) is 0 Å². The fourth-order valence-corrected chi connectivity index (χ4v) is 6.12. The zero-order chi connectivity index (χ0) is 15.6. The van der Waals surface area contributed by atoms with Crippen LogP contribution in [0, 0.1) is 24.2 Å². The molecule has 3 atom stereocenters. The second-order valence-corrected chi connectivity index (χ2v) is 10.8. The van der Waals surface area contributed by atoms with Crippen molar-refractivity contribution in [1.29, 1.82) is 0 Å². The SMILES string of the molecule is CC(C)(C)[NH-].C[Si](C)=C1C2=CCCCC2C2CCC[CH-]C12.[Cl-].[Cl-].[Ti+4]. The van der Waals surface area contributed by atoms with Crippen molar-refractivity contribution in [3.8, 4) is 0 Å². The van der Waals surface area contributed by atoms with Gasteiger partial charge in [0.2, 0.25) is 0 Å². The van der Waals surface area contributed by atoms with Crippen LogP contribution in [0.25, 0.3) is 5.73 Å². The van der Waals surface area contributed by atoms with Gasteiger partial charge in [0.05, 0.1) is 0 Å². The number of hydrogen-bond acceptors (Lipinski definition) is 0. The summed E-state index contributed by atoms with van der Waals surface area (Å²) in [5, 5.41) is 1.92. The van der Waals surface area contributed by atoms with E-state index in [1.807, 2.05) is 31.5 Å². The average molecular weight is 422 g/mol. The summed E-state index contributed by atoms with van der Waals surface area (Å²) in [5.74, 6) is 2.87. The Kier molecular flexibility index (Phi) is 13.3. The first-order valence-electron chi connectivity index (χ1n) is 8.75. The second kappa shape index (κ2) is 11.7. The maximum absolute atomic E-state index is 6.94. The summed E-state index contributed by atoms with van der Waals surface area (Å²) in [6, 6.07) is 0. The van der Waals surface area contributed by atoms with Crippen LogP contribution in [0.3, 0.4) is 0 Å². The van der Waals surface area contributed by atoms with Crippen molar-refractivity contribution in [3.05, 3.63) is 23.8 Å². The third kappa shape index (κ3) is 7.37. The largest absolute Gasteiger partial charge is 4.00 e. The molecule has 0 amide bonds. The zero-order valence-electron chi connectivity index (χ0n) is 15.9. The van der Waals surface area contributed by atoms with Crippen molar-refractivity contribution in [3.63, 3.8) is 0 Å². The Hall–Kier alpha value is 1.08. The number of fused-ring (bicyclic) bond motifs is 3. The molecule has 0 spiro atoms. The van der Waals surface area contributed by atoms with Gasteiger partial charge in [-0.05, 0) is 25.2 Å². The van der Waals surface area contributed by atoms with E-state index < -0.39 is 0 Å². The van der Waals surface area contributed by atoms with Gasteiger partial charge < -0.3 is 37.0 Å². The van der Waals surface area contributed by atoms with Gasteiger partial charge in [0.15, 0.2) is 0 Å². The minimum Gasteiger partial charge on any atom is -1.00 e. The van der Waals surface area contributed by atoms with E-state index in [0.717, 1.165) is 17.8 Å². The molecule has 0 aromatic heterocycles. The molecule has 0 bridgehead atoms. The van der Waals surface area contributed by atoms with Crippen molar-refractivity contribution in [1.82, 2.24) is 0 Å². The van der Waals surface area contributed by atoms with Gasteiger partial charge in [0.1, 0.15) is 0 Å². The zero-order valence-corrected chi connectivity index (χ0v) is 20.0. The summed E-state index contributed by atoms with van der Waals surface area (Å²) in [7, 11) is -0.233. The molecule has 3 rings (SSSR count). The molecule has 3 unspecified atom stereocenters. The molecule has 2 fully saturated rings. The number of rotatable bonds is 0. The van der Waals surface area contributed by atoms with Gasteiger partial charge in [0, 0.05) is 8.41 Å². The van der Waals surface area contributed by atoms with Crippen LogP contribution in [-0.4, -0.2) is 19.1 Å². The van der Waals surface area contributed by atoms with Crippen molar-refractivity contribution >= 4 is 13.6 Å². The Balaban J connectivity index is 0. The van der Waals surface area contributed by atoms with E-state index in [9.17, 15) is 0 Å². The molecule has 3 aliphatic rings. The molecule has 0 heterocycles. The van der Waals surface area contributed by atoms with Crippen LogP contribution < -0.4 is 24.8 Å². The Morgan fingerprint density at radius 3 is 2.25 bits per heavy atom. The normalized spacial score (nSPS) is 27.7. The number of allylic oxidation sites excluding steroid dienone is 2. The molecule has 0 aromatic carbocycles. The van der Waals surface area contributed by atoms with E-state index >= 15 is 0 Å². The van der Waals surface area contributed by atoms with Gasteiger partial charge >= 0.3 is 21.7 Å². The molecule has 24 heavy (non-hydrogen) atoms. The van der Waals surface area contributed by atoms with Crippen molar-refractivity contribution in [2.24, 2.45) is 17.8 Å². The predicted molar refractivity (Wildman–Crippen MR) is 97.1 cm³/mol. The van der Waals surface area contributed by atoms with Gasteiger partial charge in [-0.25, -0.2) is 0 Å². The molecule has 136 valence electrons. The van der Waals surface area contributed by atoms with E-state index in [0.29, 0.717) is 0 Å². The van der Waals surface area contributed by atoms with E-state index in [4.69, 9.17) is 5.73 Å². The Labute approximate surface area is 178 Å². The van der Waals surface area contributed by atoms with Gasteiger partial charge in [-0.3, -0.25) is 0 Å². The third-order valence-corrected chi connectivity index (χ3v) is 6.51. The Morgan fingerprint density at radius 2 is 1.71 bits per heavy atom. The number of nitrogens with one attached hydrogen (secondary N) is 1. The topological polar surface area (TPSA) is 23.8 Å². The monoisotopic (exact) mass is 421 g/mol. The smallest absolute Gasteiger partial charge is 1.00 e. The molecule has 0 aliphatic heterocycles. The van der Waals surface area contributed by atoms with Crippen molar-refractivity contribution in [2.75, 3.05) is 0 Å². The summed E-state index contributed by atoms with van der Waals surface area (Å²) < 4.78 is 0. The van der Waals surface area contributed by atoms with Crippen LogP contribution in [0.1, 0.15) is 59.3 Å². The van der Waals surface area contributed by atoms with Gasteiger partial charge in [-0.2, -0.15) is 6.42 Å². The van der Waals surface area contributed by atoms with Crippen LogP contribution in [-0.2, 0) is 21.7 Å². The minimum absolute atomic E-state index is 0. The first-order valence-corrected chi connectivity index (χ1v) is 11.2. The molecule has 0 saturated heterocycles. The first-order chi connectivity index (χ1) is 9.79. The molecular formula is C19H33Cl2NSiTi. The maximum Gasteiger partial charge on any atom is 4.00 e. The fraction of sp³-hybridized carbons (Fsp3) is 0.789. The van der Waals surface area contributed by atoms with Gasteiger partial charge in [-0.15, -0.1) is 11.5 Å². The molecule has 1 nitrogen and oxygen atoms in total. The summed E-state index contributed by atoms with van der Waals surface area (Å²) in [6.07, 6.45) is 13.9. The van der Waals surface area contributed by atoms with Crippen LogP contribution in [0.15, 0.2) is 11.6 Å². The maximum atomic E-state index is 6.94.